The third kappa shape index (κ3) is 18.7. The molecule has 0 aromatic rings. The maximum absolute atomic E-state index is 10.8. The van der Waals surface area contributed by atoms with Crippen LogP contribution in [0.1, 0.15) is 57.8 Å². The maximum Gasteiger partial charge on any atom is 1.00 e. The Balaban J connectivity index is 0. The fraction of sp³-hybridized carbons (Fsp3) is 0.917. The summed E-state index contributed by atoms with van der Waals surface area (Å²) in [7, 11) is -2.22. The van der Waals surface area contributed by atoms with Gasteiger partial charge >= 0.3 is 35.5 Å². The Morgan fingerprint density at radius 1 is 1.00 bits per heavy atom. The molecule has 0 rings (SSSR count). The third-order valence-electron chi connectivity index (χ3n) is 2.73. The molecule has 0 radical (unpaired) electrons. The molecule has 0 aliphatic carbocycles. The molecule has 0 spiro atoms. The molecule has 0 bridgehead atoms. The molecule has 0 saturated heterocycles. The van der Waals surface area contributed by atoms with Crippen molar-refractivity contribution in [3.8, 4) is 0 Å². The van der Waals surface area contributed by atoms with Gasteiger partial charge in [0.15, 0.2) is 0 Å². The summed E-state index contributed by atoms with van der Waals surface area (Å²) < 4.78 is 35.5. The Morgan fingerprint density at radius 3 is 1.90 bits per heavy atom. The van der Waals surface area contributed by atoms with E-state index in [1.54, 1.807) is 0 Å². The fourth-order valence-electron chi connectivity index (χ4n) is 1.70. The second-order valence-corrected chi connectivity index (χ2v) is 7.78. The summed E-state index contributed by atoms with van der Waals surface area (Å²) in [5.41, 5.74) is 0. The molecule has 0 aromatic heterocycles. The first-order chi connectivity index (χ1) is 8.95. The Bertz CT molecular complexity index is 333. The van der Waals surface area contributed by atoms with E-state index < -0.39 is 9.15 Å². The molecule has 0 aliphatic rings. The van der Waals surface area contributed by atoms with E-state index in [-0.39, 0.29) is 35.5 Å². The van der Waals surface area contributed by atoms with Gasteiger partial charge in [0.25, 0.3) is 0 Å². The van der Waals surface area contributed by atoms with Crippen molar-refractivity contribution in [3.63, 3.8) is 0 Å². The number of unbranched alkanes of at least 4 members (excludes halogenated alkanes) is 7. The van der Waals surface area contributed by atoms with Gasteiger partial charge in [-0.2, -0.15) is 0 Å². The summed E-state index contributed by atoms with van der Waals surface area (Å²) in [4.78, 5) is 10.8. The summed E-state index contributed by atoms with van der Waals surface area (Å²) in [5.74, 6) is 0.246. The van der Waals surface area contributed by atoms with Crippen LogP contribution in [0, 0.1) is 0 Å². The smallest absolute Gasteiger partial charge is 0.739 e. The largest absolute Gasteiger partial charge is 1.00 e. The minimum Gasteiger partial charge on any atom is -0.739 e. The monoisotopic (exact) mass is 334 g/mol. The van der Waals surface area contributed by atoms with Crippen molar-refractivity contribution < 1.29 is 52.1 Å². The van der Waals surface area contributed by atoms with Crippen molar-refractivity contribution in [2.45, 2.75) is 57.8 Å². The van der Waals surface area contributed by atoms with E-state index in [1.165, 1.54) is 7.11 Å². The number of carbonyl (C=O) groups is 1. The summed E-state index contributed by atoms with van der Waals surface area (Å²) in [5, 5.41) is 0. The number of hydrogen-bond acceptors (Lipinski definition) is 6. The van der Waals surface area contributed by atoms with Crippen LogP contribution < -0.4 is 29.6 Å². The molecule has 0 fully saturated rings. The second-order valence-electron chi connectivity index (χ2n) is 4.38. The van der Waals surface area contributed by atoms with Crippen LogP contribution in [0.3, 0.4) is 0 Å². The Hall–Kier alpha value is 0.730. The predicted molar refractivity (Wildman–Crippen MR) is 75.7 cm³/mol. The van der Waals surface area contributed by atoms with E-state index in [4.69, 9.17) is 0 Å². The second kappa shape index (κ2) is 14.7. The molecule has 0 aliphatic heterocycles. The van der Waals surface area contributed by atoms with Gasteiger partial charge in [-0.3, -0.25) is 4.79 Å². The van der Waals surface area contributed by atoms with Crippen molar-refractivity contribution in [1.29, 1.82) is 0 Å². The molecule has 0 aromatic carbocycles. The zero-order valence-electron chi connectivity index (χ0n) is 12.4. The average Bonchev–Trinajstić information content (AvgIpc) is 2.34. The van der Waals surface area contributed by atoms with Crippen LogP contribution in [-0.4, -0.2) is 31.8 Å². The van der Waals surface area contributed by atoms with Crippen molar-refractivity contribution in [1.82, 2.24) is 0 Å². The molecule has 0 atom stereocenters. The SMILES string of the molecule is COC(=O)CCCCCCCCCCSS(=O)(=O)[O-].[Na+]. The molecule has 114 valence electrons. The van der Waals surface area contributed by atoms with E-state index >= 15 is 0 Å². The van der Waals surface area contributed by atoms with Gasteiger partial charge in [-0.15, -0.1) is 0 Å². The van der Waals surface area contributed by atoms with Gasteiger partial charge in [0, 0.05) is 12.2 Å². The van der Waals surface area contributed by atoms with Crippen LogP contribution in [0.5, 0.6) is 0 Å². The van der Waals surface area contributed by atoms with E-state index in [1.807, 2.05) is 0 Å². The van der Waals surface area contributed by atoms with Crippen LogP contribution in [-0.2, 0) is 18.7 Å². The van der Waals surface area contributed by atoms with Crippen molar-refractivity contribution >= 4 is 25.9 Å². The van der Waals surface area contributed by atoms with Gasteiger partial charge in [-0.05, 0) is 23.6 Å². The molecule has 0 amide bonds. The molecule has 0 unspecified atom stereocenters. The Labute approximate surface area is 148 Å². The average molecular weight is 334 g/mol. The van der Waals surface area contributed by atoms with E-state index in [9.17, 15) is 17.8 Å². The number of esters is 1. The zero-order chi connectivity index (χ0) is 14.6. The van der Waals surface area contributed by atoms with Gasteiger partial charge in [0.1, 0.15) is 9.15 Å². The molecule has 0 heterocycles. The van der Waals surface area contributed by atoms with Gasteiger partial charge in [-0.25, -0.2) is 8.42 Å². The summed E-state index contributed by atoms with van der Waals surface area (Å²) in [6.07, 6.45) is 8.58. The van der Waals surface area contributed by atoms with Crippen LogP contribution in [0.4, 0.5) is 0 Å². The minimum atomic E-state index is -4.11. The van der Waals surface area contributed by atoms with Crippen molar-refractivity contribution in [3.05, 3.63) is 0 Å². The summed E-state index contributed by atoms with van der Waals surface area (Å²) in [6.45, 7) is 0. The van der Waals surface area contributed by atoms with Gasteiger partial charge in [-0.1, -0.05) is 38.5 Å². The Morgan fingerprint density at radius 2 is 1.45 bits per heavy atom. The topological polar surface area (TPSA) is 83.5 Å². The van der Waals surface area contributed by atoms with Crippen LogP contribution in [0.15, 0.2) is 0 Å². The molecule has 0 saturated carbocycles. The summed E-state index contributed by atoms with van der Waals surface area (Å²) in [6, 6.07) is 0. The first-order valence-corrected chi connectivity index (χ1v) is 9.54. The first-order valence-electron chi connectivity index (χ1n) is 6.63. The first kappa shape index (κ1) is 23.0. The molecule has 8 heteroatoms. The molecular weight excluding hydrogens is 311 g/mol. The van der Waals surface area contributed by atoms with Gasteiger partial charge < -0.3 is 9.29 Å². The van der Waals surface area contributed by atoms with E-state index in [2.05, 4.69) is 4.74 Å². The fourth-order valence-corrected chi connectivity index (χ4v) is 3.19. The normalized spacial score (nSPS) is 10.9. The van der Waals surface area contributed by atoms with Crippen molar-refractivity contribution in [2.24, 2.45) is 0 Å². The minimum absolute atomic E-state index is 0. The quantitative estimate of drug-likeness (QED) is 0.162. The van der Waals surface area contributed by atoms with E-state index in [0.29, 0.717) is 23.0 Å². The van der Waals surface area contributed by atoms with Crippen molar-refractivity contribution in [2.75, 3.05) is 12.9 Å². The maximum atomic E-state index is 10.8. The van der Waals surface area contributed by atoms with Crippen LogP contribution in [0.2, 0.25) is 0 Å². The number of methoxy groups -OCH3 is 1. The Kier molecular flexibility index (Phi) is 16.9. The van der Waals surface area contributed by atoms with Gasteiger partial charge in [0.05, 0.1) is 7.11 Å². The molecular formula is C12H23NaO5S2. The van der Waals surface area contributed by atoms with Gasteiger partial charge in [0.2, 0.25) is 0 Å². The molecule has 5 nitrogen and oxygen atoms in total. The van der Waals surface area contributed by atoms with Crippen LogP contribution >= 0.6 is 10.8 Å². The number of rotatable bonds is 12. The molecule has 0 N–H and O–H groups in total. The summed E-state index contributed by atoms with van der Waals surface area (Å²) >= 11 is 0. The zero-order valence-corrected chi connectivity index (χ0v) is 16.1. The number of ether oxygens (including phenoxy) is 1. The third-order valence-corrected chi connectivity index (χ3v) is 4.84. The standard InChI is InChI=1S/C12H24O5S2.Na/c1-17-12(13)10-8-6-4-2-3-5-7-9-11-18-19(14,15)16;/h2-11H2,1H3,(H,14,15,16);/q;+1/p-1. The number of hydrogen-bond donors (Lipinski definition) is 0. The molecule has 20 heavy (non-hydrogen) atoms. The predicted octanol–water partition coefficient (Wildman–Crippen LogP) is -0.132. The number of carbonyl (C=O) groups excluding carboxylic acids is 1. The van der Waals surface area contributed by atoms with E-state index in [0.717, 1.165) is 51.4 Å². The van der Waals surface area contributed by atoms with Crippen LogP contribution in [0.25, 0.3) is 0 Å².